The van der Waals surface area contributed by atoms with Crippen LogP contribution < -0.4 is 5.32 Å². The summed E-state index contributed by atoms with van der Waals surface area (Å²) >= 11 is 3.44. The molecule has 1 N–H and O–H groups in total. The van der Waals surface area contributed by atoms with E-state index < -0.39 is 0 Å². The number of hydrogen-bond donors (Lipinski definition) is 1. The van der Waals surface area contributed by atoms with Crippen molar-refractivity contribution in [3.05, 3.63) is 34.3 Å². The first-order valence-electron chi connectivity index (χ1n) is 8.15. The molecule has 23 heavy (non-hydrogen) atoms. The van der Waals surface area contributed by atoms with E-state index in [0.717, 1.165) is 22.9 Å². The SMILES string of the molecule is CCNC(=O)N1CCN(C(=O)C2(c3ccc(Br)cc3)CC2)CC1. The van der Waals surface area contributed by atoms with Crippen molar-refractivity contribution >= 4 is 27.9 Å². The molecule has 0 atom stereocenters. The third kappa shape index (κ3) is 3.22. The normalized spacial score (nSPS) is 19.4. The Morgan fingerprint density at radius 3 is 2.17 bits per heavy atom. The third-order valence-corrected chi connectivity index (χ3v) is 5.27. The van der Waals surface area contributed by atoms with Crippen molar-refractivity contribution in [2.24, 2.45) is 0 Å². The van der Waals surface area contributed by atoms with Gasteiger partial charge in [-0.05, 0) is 37.5 Å². The van der Waals surface area contributed by atoms with Crippen LogP contribution in [0, 0.1) is 0 Å². The van der Waals surface area contributed by atoms with Gasteiger partial charge in [0.1, 0.15) is 0 Å². The highest BCUT2D eigenvalue weighted by molar-refractivity contribution is 9.10. The highest BCUT2D eigenvalue weighted by atomic mass is 79.9. The topological polar surface area (TPSA) is 52.7 Å². The molecule has 0 unspecified atom stereocenters. The molecule has 0 spiro atoms. The van der Waals surface area contributed by atoms with Gasteiger partial charge in [-0.2, -0.15) is 0 Å². The van der Waals surface area contributed by atoms with Crippen molar-refractivity contribution < 1.29 is 9.59 Å². The Morgan fingerprint density at radius 1 is 1.09 bits per heavy atom. The molecule has 6 heteroatoms. The van der Waals surface area contributed by atoms with Crippen LogP contribution in [0.1, 0.15) is 25.3 Å². The van der Waals surface area contributed by atoms with Gasteiger partial charge in [0.2, 0.25) is 5.91 Å². The van der Waals surface area contributed by atoms with E-state index in [-0.39, 0.29) is 17.4 Å². The lowest BCUT2D eigenvalue weighted by Crippen LogP contribution is -2.54. The summed E-state index contributed by atoms with van der Waals surface area (Å²) in [5, 5.41) is 2.81. The zero-order valence-corrected chi connectivity index (χ0v) is 14.9. The third-order valence-electron chi connectivity index (χ3n) is 4.74. The molecule has 3 rings (SSSR count). The van der Waals surface area contributed by atoms with E-state index in [1.165, 1.54) is 0 Å². The quantitative estimate of drug-likeness (QED) is 0.876. The Kier molecular flexibility index (Phi) is 4.62. The van der Waals surface area contributed by atoms with Gasteiger partial charge < -0.3 is 15.1 Å². The molecule has 1 heterocycles. The van der Waals surface area contributed by atoms with E-state index in [1.807, 2.05) is 36.1 Å². The number of hydrogen-bond acceptors (Lipinski definition) is 2. The Hall–Kier alpha value is -1.56. The Labute approximate surface area is 145 Å². The molecule has 124 valence electrons. The maximum absolute atomic E-state index is 13.0. The monoisotopic (exact) mass is 379 g/mol. The minimum Gasteiger partial charge on any atom is -0.338 e. The first-order chi connectivity index (χ1) is 11.1. The number of rotatable bonds is 3. The zero-order chi connectivity index (χ0) is 16.4. The van der Waals surface area contributed by atoms with Gasteiger partial charge in [0.15, 0.2) is 0 Å². The number of urea groups is 1. The molecule has 1 aromatic carbocycles. The van der Waals surface area contributed by atoms with Crippen LogP contribution in [0.25, 0.3) is 0 Å². The fraction of sp³-hybridized carbons (Fsp3) is 0.529. The van der Waals surface area contributed by atoms with Crippen LogP contribution in [0.5, 0.6) is 0 Å². The van der Waals surface area contributed by atoms with E-state index in [9.17, 15) is 9.59 Å². The van der Waals surface area contributed by atoms with Gasteiger partial charge in [0.05, 0.1) is 5.41 Å². The number of halogens is 1. The smallest absolute Gasteiger partial charge is 0.317 e. The summed E-state index contributed by atoms with van der Waals surface area (Å²) in [5.41, 5.74) is 0.783. The maximum Gasteiger partial charge on any atom is 0.317 e. The lowest BCUT2D eigenvalue weighted by atomic mass is 9.94. The van der Waals surface area contributed by atoms with Crippen molar-refractivity contribution in [3.63, 3.8) is 0 Å². The molecule has 1 aromatic rings. The summed E-state index contributed by atoms with van der Waals surface area (Å²) in [6.07, 6.45) is 1.84. The number of nitrogens with zero attached hydrogens (tertiary/aromatic N) is 2. The average molecular weight is 380 g/mol. The first-order valence-corrected chi connectivity index (χ1v) is 8.94. The van der Waals surface area contributed by atoms with Crippen LogP contribution in [0.3, 0.4) is 0 Å². The summed E-state index contributed by atoms with van der Waals surface area (Å²) in [6, 6.07) is 8.04. The predicted molar refractivity (Wildman–Crippen MR) is 92.3 cm³/mol. The standard InChI is InChI=1S/C17H22BrN3O2/c1-2-19-16(23)21-11-9-20(10-12-21)15(22)17(7-8-17)13-3-5-14(18)6-4-13/h3-6H,2,7-12H2,1H3,(H,19,23). The second kappa shape index (κ2) is 6.51. The summed E-state index contributed by atoms with van der Waals surface area (Å²) in [4.78, 5) is 28.5. The second-order valence-electron chi connectivity index (χ2n) is 6.20. The largest absolute Gasteiger partial charge is 0.338 e. The number of amides is 3. The lowest BCUT2D eigenvalue weighted by Gasteiger charge is -2.36. The molecule has 2 fully saturated rings. The minimum absolute atomic E-state index is 0.0337. The number of piperazine rings is 1. The molecule has 1 saturated carbocycles. The van der Waals surface area contributed by atoms with Crippen LogP contribution in [0.2, 0.25) is 0 Å². The van der Waals surface area contributed by atoms with Crippen LogP contribution in [0.15, 0.2) is 28.7 Å². The van der Waals surface area contributed by atoms with Crippen molar-refractivity contribution in [1.82, 2.24) is 15.1 Å². The van der Waals surface area contributed by atoms with Gasteiger partial charge in [0.25, 0.3) is 0 Å². The predicted octanol–water partition coefficient (Wildman–Crippen LogP) is 2.35. The fourth-order valence-electron chi connectivity index (χ4n) is 3.20. The van der Waals surface area contributed by atoms with Crippen LogP contribution in [-0.2, 0) is 10.2 Å². The summed E-state index contributed by atoms with van der Waals surface area (Å²) in [6.45, 7) is 4.99. The number of carbonyl (C=O) groups is 2. The molecular formula is C17H22BrN3O2. The van der Waals surface area contributed by atoms with Crippen LogP contribution >= 0.6 is 15.9 Å². The second-order valence-corrected chi connectivity index (χ2v) is 7.12. The molecule has 0 radical (unpaired) electrons. The van der Waals surface area contributed by atoms with E-state index >= 15 is 0 Å². The van der Waals surface area contributed by atoms with Crippen molar-refractivity contribution in [3.8, 4) is 0 Å². The van der Waals surface area contributed by atoms with Gasteiger partial charge in [-0.1, -0.05) is 28.1 Å². The summed E-state index contributed by atoms with van der Waals surface area (Å²) < 4.78 is 1.03. The van der Waals surface area contributed by atoms with Gasteiger partial charge in [-0.15, -0.1) is 0 Å². The number of nitrogens with one attached hydrogen (secondary N) is 1. The molecule has 1 aliphatic carbocycles. The average Bonchev–Trinajstić information content (AvgIpc) is 3.37. The molecule has 5 nitrogen and oxygen atoms in total. The van der Waals surface area contributed by atoms with Crippen molar-refractivity contribution in [2.45, 2.75) is 25.2 Å². The molecule has 1 aliphatic heterocycles. The van der Waals surface area contributed by atoms with Gasteiger partial charge in [0, 0.05) is 37.2 Å². The van der Waals surface area contributed by atoms with Crippen LogP contribution in [0.4, 0.5) is 4.79 Å². The molecule has 2 aliphatic rings. The van der Waals surface area contributed by atoms with E-state index in [2.05, 4.69) is 21.2 Å². The van der Waals surface area contributed by atoms with Gasteiger partial charge in [-0.3, -0.25) is 4.79 Å². The van der Waals surface area contributed by atoms with Crippen molar-refractivity contribution in [2.75, 3.05) is 32.7 Å². The fourth-order valence-corrected chi connectivity index (χ4v) is 3.46. The lowest BCUT2D eigenvalue weighted by molar-refractivity contribution is -0.135. The highest BCUT2D eigenvalue weighted by Crippen LogP contribution is 2.49. The molecule has 3 amide bonds. The molecular weight excluding hydrogens is 358 g/mol. The van der Waals surface area contributed by atoms with E-state index in [4.69, 9.17) is 0 Å². The zero-order valence-electron chi connectivity index (χ0n) is 13.3. The van der Waals surface area contributed by atoms with Gasteiger partial charge >= 0.3 is 6.03 Å². The Balaban J connectivity index is 1.63. The first kappa shape index (κ1) is 16.3. The van der Waals surface area contributed by atoms with Gasteiger partial charge in [-0.25, -0.2) is 4.79 Å². The van der Waals surface area contributed by atoms with Crippen molar-refractivity contribution in [1.29, 1.82) is 0 Å². The van der Waals surface area contributed by atoms with E-state index in [0.29, 0.717) is 32.7 Å². The highest BCUT2D eigenvalue weighted by Gasteiger charge is 2.53. The molecule has 0 bridgehead atoms. The summed E-state index contributed by atoms with van der Waals surface area (Å²) in [7, 11) is 0. The Bertz CT molecular complexity index is 590. The Morgan fingerprint density at radius 2 is 1.65 bits per heavy atom. The van der Waals surface area contributed by atoms with Crippen LogP contribution in [-0.4, -0.2) is 54.5 Å². The van der Waals surface area contributed by atoms with E-state index in [1.54, 1.807) is 4.90 Å². The maximum atomic E-state index is 13.0. The molecule has 0 aromatic heterocycles. The number of carbonyl (C=O) groups excluding carboxylic acids is 2. The minimum atomic E-state index is -0.325. The number of benzene rings is 1. The molecule has 1 saturated heterocycles. The summed E-state index contributed by atoms with van der Waals surface area (Å²) in [5.74, 6) is 0.218.